The molecule has 2 heterocycles. The van der Waals surface area contributed by atoms with Crippen molar-refractivity contribution in [1.29, 1.82) is 0 Å². The quantitative estimate of drug-likeness (QED) is 0.158. The molecule has 0 saturated heterocycles. The molecule has 0 unspecified atom stereocenters. The fourth-order valence-electron chi connectivity index (χ4n) is 4.74. The molecule has 0 fully saturated rings. The summed E-state index contributed by atoms with van der Waals surface area (Å²) < 4.78 is 5.49. The predicted octanol–water partition coefficient (Wildman–Crippen LogP) is 9.28. The lowest BCUT2D eigenvalue weighted by Gasteiger charge is -2.06. The maximum absolute atomic E-state index is 3.48. The predicted molar refractivity (Wildman–Crippen MR) is 147 cm³/mol. The van der Waals surface area contributed by atoms with Crippen LogP contribution in [0.1, 0.15) is 16.7 Å². The van der Waals surface area contributed by atoms with Crippen molar-refractivity contribution in [1.82, 2.24) is 0 Å². The van der Waals surface area contributed by atoms with Crippen LogP contribution in [0.4, 0.5) is 0 Å². The van der Waals surface area contributed by atoms with Crippen molar-refractivity contribution in [3.05, 3.63) is 108 Å². The van der Waals surface area contributed by atoms with Crippen LogP contribution < -0.4 is 0 Å². The minimum atomic E-state index is 1.06. The summed E-state index contributed by atoms with van der Waals surface area (Å²) in [5.74, 6) is 6.93. The van der Waals surface area contributed by atoms with Gasteiger partial charge in [0.05, 0.1) is 9.40 Å². The molecule has 0 aliphatic rings. The van der Waals surface area contributed by atoms with Gasteiger partial charge in [-0.1, -0.05) is 78.6 Å². The third kappa shape index (κ3) is 2.98. The number of thiophene rings is 2. The van der Waals surface area contributed by atoms with Crippen molar-refractivity contribution >= 4 is 73.8 Å². The molecule has 0 spiro atoms. The summed E-state index contributed by atoms with van der Waals surface area (Å²) in [6.45, 7) is 2.16. The summed E-state index contributed by atoms with van der Waals surface area (Å²) >= 11 is 3.79. The highest BCUT2D eigenvalue weighted by atomic mass is 32.1. The third-order valence-corrected chi connectivity index (χ3v) is 8.85. The van der Waals surface area contributed by atoms with Gasteiger partial charge in [0.2, 0.25) is 0 Å². The number of hydrogen-bond donors (Lipinski definition) is 0. The van der Waals surface area contributed by atoms with Crippen LogP contribution in [0.5, 0.6) is 0 Å². The Morgan fingerprint density at radius 3 is 2.03 bits per heavy atom. The van der Waals surface area contributed by atoms with E-state index in [-0.39, 0.29) is 0 Å². The SMILES string of the molecule is Cc1ccc2c(c1)sc1c3ccc(C#Cc4cc5ccccc5c5ccccc45)cc3sc21. The minimum Gasteiger partial charge on any atom is -0.134 e. The lowest BCUT2D eigenvalue weighted by molar-refractivity contribution is 1.52. The monoisotopic (exact) mass is 454 g/mol. The average molecular weight is 455 g/mol. The molecule has 5 aromatic carbocycles. The molecule has 0 nitrogen and oxygen atoms in total. The van der Waals surface area contributed by atoms with Gasteiger partial charge in [0.1, 0.15) is 0 Å². The summed E-state index contributed by atoms with van der Waals surface area (Å²) in [4.78, 5) is 0. The Morgan fingerprint density at radius 2 is 1.21 bits per heavy atom. The van der Waals surface area contributed by atoms with E-state index in [0.717, 1.165) is 11.1 Å². The van der Waals surface area contributed by atoms with E-state index in [1.54, 1.807) is 0 Å². The highest BCUT2D eigenvalue weighted by Gasteiger charge is 2.12. The first-order valence-corrected chi connectivity index (χ1v) is 12.7. The number of aryl methyl sites for hydroxylation is 1. The largest absolute Gasteiger partial charge is 0.134 e. The van der Waals surface area contributed by atoms with E-state index in [9.17, 15) is 0 Å². The zero-order valence-corrected chi connectivity index (χ0v) is 19.6. The molecule has 0 amide bonds. The Labute approximate surface area is 199 Å². The first kappa shape index (κ1) is 18.9. The number of hydrogen-bond acceptors (Lipinski definition) is 2. The molecular formula is C31H18S2. The summed E-state index contributed by atoms with van der Waals surface area (Å²) in [5.41, 5.74) is 3.46. The number of rotatable bonds is 0. The zero-order chi connectivity index (χ0) is 21.9. The van der Waals surface area contributed by atoms with Crippen LogP contribution in [0.25, 0.3) is 51.1 Å². The van der Waals surface area contributed by atoms with E-state index in [0.29, 0.717) is 0 Å². The van der Waals surface area contributed by atoms with E-state index in [1.165, 1.54) is 56.7 Å². The van der Waals surface area contributed by atoms with Crippen LogP contribution >= 0.6 is 22.7 Å². The number of fused-ring (bicyclic) bond motifs is 8. The Bertz CT molecular complexity index is 1940. The Morgan fingerprint density at radius 1 is 0.545 bits per heavy atom. The minimum absolute atomic E-state index is 1.06. The van der Waals surface area contributed by atoms with Crippen molar-refractivity contribution in [2.45, 2.75) is 6.92 Å². The maximum atomic E-state index is 3.48. The molecule has 0 aliphatic carbocycles. The van der Waals surface area contributed by atoms with Crippen molar-refractivity contribution < 1.29 is 0 Å². The first-order chi connectivity index (χ1) is 16.2. The van der Waals surface area contributed by atoms with Crippen LogP contribution in [0.2, 0.25) is 0 Å². The summed E-state index contributed by atoms with van der Waals surface area (Å²) in [6.07, 6.45) is 0. The molecule has 33 heavy (non-hydrogen) atoms. The summed E-state index contributed by atoms with van der Waals surface area (Å²) in [7, 11) is 0. The molecule has 7 aromatic rings. The van der Waals surface area contributed by atoms with Crippen LogP contribution in [0.3, 0.4) is 0 Å². The Hall–Kier alpha value is -3.64. The molecular weight excluding hydrogens is 436 g/mol. The van der Waals surface area contributed by atoms with Crippen LogP contribution in [0.15, 0.2) is 91.0 Å². The molecule has 154 valence electrons. The number of benzene rings is 5. The van der Waals surface area contributed by atoms with E-state index < -0.39 is 0 Å². The van der Waals surface area contributed by atoms with E-state index in [4.69, 9.17) is 0 Å². The summed E-state index contributed by atoms with van der Waals surface area (Å²) in [6, 6.07) is 32.8. The van der Waals surface area contributed by atoms with Gasteiger partial charge in [-0.05, 0) is 58.3 Å². The van der Waals surface area contributed by atoms with Gasteiger partial charge in [-0.3, -0.25) is 0 Å². The van der Waals surface area contributed by atoms with Gasteiger partial charge in [0.15, 0.2) is 0 Å². The topological polar surface area (TPSA) is 0 Å². The second kappa shape index (κ2) is 7.18. The van der Waals surface area contributed by atoms with Crippen LogP contribution in [-0.4, -0.2) is 0 Å². The van der Waals surface area contributed by atoms with Gasteiger partial charge in [0, 0.05) is 31.3 Å². The molecule has 0 atom stereocenters. The lowest BCUT2D eigenvalue weighted by Crippen LogP contribution is -1.83. The standard InChI is InChI=1S/C31H18S2/c1-19-10-14-26-28(16-19)32-31-27-15-12-20(17-29(27)33-30(26)31)11-13-22-18-21-6-2-3-7-23(21)25-9-5-4-8-24(22)25/h2-10,12,14-18H,1H3. The van der Waals surface area contributed by atoms with Crippen molar-refractivity contribution in [3.8, 4) is 11.8 Å². The highest BCUT2D eigenvalue weighted by Crippen LogP contribution is 2.44. The van der Waals surface area contributed by atoms with Gasteiger partial charge in [-0.2, -0.15) is 0 Å². The Kier molecular flexibility index (Phi) is 4.11. The van der Waals surface area contributed by atoms with Crippen LogP contribution in [0, 0.1) is 18.8 Å². The highest BCUT2D eigenvalue weighted by molar-refractivity contribution is 7.36. The van der Waals surface area contributed by atoms with Gasteiger partial charge in [-0.15, -0.1) is 22.7 Å². The van der Waals surface area contributed by atoms with Crippen LogP contribution in [-0.2, 0) is 0 Å². The molecule has 2 aromatic heterocycles. The zero-order valence-electron chi connectivity index (χ0n) is 18.0. The molecule has 0 saturated carbocycles. The van der Waals surface area contributed by atoms with E-state index in [1.807, 2.05) is 22.7 Å². The summed E-state index contributed by atoms with van der Waals surface area (Å²) in [5, 5.41) is 7.70. The average Bonchev–Trinajstić information content (AvgIpc) is 3.37. The molecule has 2 heteroatoms. The normalized spacial score (nSPS) is 11.5. The molecule has 0 aliphatic heterocycles. The maximum Gasteiger partial charge on any atom is 0.0542 e. The second-order valence-electron chi connectivity index (χ2n) is 8.51. The van der Waals surface area contributed by atoms with E-state index in [2.05, 4.69) is 110 Å². The van der Waals surface area contributed by atoms with Gasteiger partial charge < -0.3 is 0 Å². The molecule has 7 rings (SSSR count). The van der Waals surface area contributed by atoms with Crippen molar-refractivity contribution in [3.63, 3.8) is 0 Å². The smallest absolute Gasteiger partial charge is 0.0542 e. The second-order valence-corrected chi connectivity index (χ2v) is 10.6. The fraction of sp³-hybridized carbons (Fsp3) is 0.0323. The van der Waals surface area contributed by atoms with Crippen molar-refractivity contribution in [2.24, 2.45) is 0 Å². The molecule has 0 bridgehead atoms. The van der Waals surface area contributed by atoms with Gasteiger partial charge >= 0.3 is 0 Å². The molecule has 0 radical (unpaired) electrons. The first-order valence-electron chi connectivity index (χ1n) is 11.0. The van der Waals surface area contributed by atoms with Gasteiger partial charge in [0.25, 0.3) is 0 Å². The van der Waals surface area contributed by atoms with Crippen molar-refractivity contribution in [2.75, 3.05) is 0 Å². The fourth-order valence-corrected chi connectivity index (χ4v) is 7.53. The van der Waals surface area contributed by atoms with Gasteiger partial charge in [-0.25, -0.2) is 0 Å². The third-order valence-electron chi connectivity index (χ3n) is 6.35. The molecule has 0 N–H and O–H groups in total. The Balaban J connectivity index is 1.38. The van der Waals surface area contributed by atoms with E-state index >= 15 is 0 Å². The lowest BCUT2D eigenvalue weighted by atomic mass is 9.97.